The van der Waals surface area contributed by atoms with E-state index in [1.54, 1.807) is 4.73 Å². The summed E-state index contributed by atoms with van der Waals surface area (Å²) >= 11 is 3.69. The first-order valence-electron chi connectivity index (χ1n) is 2.19. The second kappa shape index (κ2) is 15.7. The summed E-state index contributed by atoms with van der Waals surface area (Å²) < 4.78 is 4.73. The van der Waals surface area contributed by atoms with E-state index in [-0.39, 0.29) is 0 Å². The molecule has 0 saturated heterocycles. The molecule has 0 aromatic heterocycles. The van der Waals surface area contributed by atoms with Crippen molar-refractivity contribution in [3.05, 3.63) is 12.7 Å². The van der Waals surface area contributed by atoms with Crippen LogP contribution in [0.3, 0.4) is 0 Å². The SMILES string of the molecule is CC[C-]=[W].[CH-]=C[CH]=[V]. The minimum atomic E-state index is 1.11. The standard InChI is InChI=1S/C3H5.C3H3.V.W/c2*1-3-2;;/h3H2,1H3;1-3H;;/q2*-1;;. The third kappa shape index (κ3) is 29.5. The van der Waals surface area contributed by atoms with Crippen molar-refractivity contribution in [2.75, 3.05) is 0 Å². The fourth-order valence-corrected chi connectivity index (χ4v) is 0. The van der Waals surface area contributed by atoms with Gasteiger partial charge in [0.1, 0.15) is 0 Å². The van der Waals surface area contributed by atoms with Gasteiger partial charge in [-0.05, 0) is 0 Å². The van der Waals surface area contributed by atoms with Crippen molar-refractivity contribution in [1.29, 1.82) is 0 Å². The van der Waals surface area contributed by atoms with Crippen LogP contribution in [0, 0.1) is 6.58 Å². The molecule has 0 heterocycles. The average molecular weight is 315 g/mol. The van der Waals surface area contributed by atoms with Gasteiger partial charge in [-0.2, -0.15) is 0 Å². The van der Waals surface area contributed by atoms with Gasteiger partial charge in [-0.25, -0.2) is 0 Å². The van der Waals surface area contributed by atoms with Gasteiger partial charge in [0.15, 0.2) is 0 Å². The molecule has 0 rings (SSSR count). The van der Waals surface area contributed by atoms with Crippen molar-refractivity contribution in [2.45, 2.75) is 13.3 Å². The molecule has 0 amide bonds. The van der Waals surface area contributed by atoms with Crippen LogP contribution in [0.1, 0.15) is 13.3 Å². The van der Waals surface area contributed by atoms with Gasteiger partial charge in [-0.1, -0.05) is 0 Å². The van der Waals surface area contributed by atoms with Crippen LogP contribution >= 0.6 is 0 Å². The second-order valence-electron chi connectivity index (χ2n) is 0.839. The summed E-state index contributed by atoms with van der Waals surface area (Å²) in [6.07, 6.45) is 2.58. The average Bonchev–Trinajstić information content (AvgIpc) is 1.88. The zero-order valence-electron chi connectivity index (χ0n) is 4.79. The van der Waals surface area contributed by atoms with E-state index >= 15 is 0 Å². The maximum absolute atomic E-state index is 4.83. The summed E-state index contributed by atoms with van der Waals surface area (Å²) in [5, 5.41) is 0. The molecule has 0 saturated carbocycles. The van der Waals surface area contributed by atoms with Gasteiger partial charge < -0.3 is 0 Å². The van der Waals surface area contributed by atoms with E-state index in [1.807, 2.05) is 0 Å². The number of hydrogen-bond donors (Lipinski definition) is 0. The molecule has 0 bridgehead atoms. The van der Waals surface area contributed by atoms with Crippen LogP contribution in [-0.2, 0) is 36.3 Å². The Kier molecular flexibility index (Phi) is 22.6. The van der Waals surface area contributed by atoms with E-state index in [0.717, 1.165) is 6.42 Å². The van der Waals surface area contributed by atoms with Crippen molar-refractivity contribution in [1.82, 2.24) is 0 Å². The van der Waals surface area contributed by atoms with Crippen LogP contribution in [0.4, 0.5) is 0 Å². The van der Waals surface area contributed by atoms with E-state index < -0.39 is 0 Å². The number of allylic oxidation sites excluding steroid dienone is 1. The molecule has 0 nitrogen and oxygen atoms in total. The van der Waals surface area contributed by atoms with Gasteiger partial charge in [0.25, 0.3) is 0 Å². The fourth-order valence-electron chi connectivity index (χ4n) is 0. The summed E-state index contributed by atoms with van der Waals surface area (Å²) in [6, 6.07) is 0. The molecule has 0 N–H and O–H groups in total. The van der Waals surface area contributed by atoms with Crippen molar-refractivity contribution in [3.63, 3.8) is 0 Å². The molecule has 0 aromatic rings. The Morgan fingerprint density at radius 2 is 2.12 bits per heavy atom. The first-order valence-corrected chi connectivity index (χ1v) is 4.46. The van der Waals surface area contributed by atoms with Gasteiger partial charge in [0.05, 0.1) is 0 Å². The summed E-state index contributed by atoms with van der Waals surface area (Å²) in [6.45, 7) is 6.92. The Labute approximate surface area is 71.3 Å². The van der Waals surface area contributed by atoms with Crippen LogP contribution in [0.25, 0.3) is 0 Å². The minimum absolute atomic E-state index is 1.11. The van der Waals surface area contributed by atoms with Gasteiger partial charge in [-0.3, -0.25) is 0 Å². The molecule has 2 heteroatoms. The predicted molar refractivity (Wildman–Crippen MR) is 30.2 cm³/mol. The van der Waals surface area contributed by atoms with E-state index in [1.165, 1.54) is 25.4 Å². The van der Waals surface area contributed by atoms with Crippen LogP contribution in [0.5, 0.6) is 0 Å². The summed E-state index contributed by atoms with van der Waals surface area (Å²) in [7, 11) is 0. The third-order valence-electron chi connectivity index (χ3n) is 0.230. The molecule has 0 fully saturated rings. The van der Waals surface area contributed by atoms with Gasteiger partial charge >= 0.3 is 71.5 Å². The molecular weight excluding hydrogens is 307 g/mol. The van der Waals surface area contributed by atoms with E-state index in [4.69, 9.17) is 6.58 Å². The molecule has 0 atom stereocenters. The molecule has 45 valence electrons. The van der Waals surface area contributed by atoms with Crippen LogP contribution in [-0.4, -0.2) is 9.13 Å². The fraction of sp³-hybridized carbons (Fsp3) is 0.333. The van der Waals surface area contributed by atoms with Crippen molar-refractivity contribution >= 4 is 9.13 Å². The second-order valence-corrected chi connectivity index (χ2v) is 2.34. The summed E-state index contributed by atoms with van der Waals surface area (Å²) in [4.78, 5) is 0. The molecule has 0 unspecified atom stereocenters. The van der Waals surface area contributed by atoms with Crippen molar-refractivity contribution in [2.24, 2.45) is 0 Å². The normalized spacial score (nSPS) is 5.50. The zero-order chi connectivity index (χ0) is 6.83. The topological polar surface area (TPSA) is 0 Å². The first kappa shape index (κ1) is 11.5. The molecule has 8 heavy (non-hydrogen) atoms. The van der Waals surface area contributed by atoms with Crippen molar-refractivity contribution < 1.29 is 36.3 Å². The summed E-state index contributed by atoms with van der Waals surface area (Å²) in [5.74, 6) is 0. The molecule has 0 aliphatic heterocycles. The molecule has 0 aromatic carbocycles. The Morgan fingerprint density at radius 3 is 2.12 bits per heavy atom. The predicted octanol–water partition coefficient (Wildman–Crippen LogP) is 0.947. The Morgan fingerprint density at radius 1 is 1.88 bits per heavy atom. The van der Waals surface area contributed by atoms with Gasteiger partial charge in [-0.15, -0.1) is 0 Å². The molecule has 0 aliphatic rings. The number of hydrogen-bond acceptors (Lipinski definition) is 0. The van der Waals surface area contributed by atoms with E-state index in [2.05, 4.69) is 28.3 Å². The van der Waals surface area contributed by atoms with Crippen LogP contribution in [0.15, 0.2) is 6.08 Å². The van der Waals surface area contributed by atoms with E-state index in [0.29, 0.717) is 0 Å². The zero-order valence-corrected chi connectivity index (χ0v) is 9.12. The molecule has 0 aliphatic carbocycles. The van der Waals surface area contributed by atoms with Crippen LogP contribution in [0.2, 0.25) is 0 Å². The monoisotopic (exact) mass is 315 g/mol. The summed E-state index contributed by atoms with van der Waals surface area (Å²) in [5.41, 5.74) is 0. The van der Waals surface area contributed by atoms with Crippen molar-refractivity contribution in [3.8, 4) is 0 Å². The molecular formula is C6H8VW-2. The van der Waals surface area contributed by atoms with Gasteiger partial charge in [0.2, 0.25) is 0 Å². The third-order valence-corrected chi connectivity index (χ3v) is 1.54. The van der Waals surface area contributed by atoms with Gasteiger partial charge in [0, 0.05) is 0 Å². The van der Waals surface area contributed by atoms with E-state index in [9.17, 15) is 0 Å². The maximum atomic E-state index is 4.83. The van der Waals surface area contributed by atoms with Crippen LogP contribution < -0.4 is 0 Å². The first-order chi connectivity index (χ1) is 3.83. The Hall–Kier alpha value is 0.753. The Balaban J connectivity index is 0. The molecule has 0 radical (unpaired) electrons. The quantitative estimate of drug-likeness (QED) is 0.666. The Bertz CT molecular complexity index is 62.9. The number of rotatable bonds is 2. The molecule has 0 spiro atoms.